The summed E-state index contributed by atoms with van der Waals surface area (Å²) in [6.45, 7) is 2.47. The van der Waals surface area contributed by atoms with Crippen LogP contribution in [0.4, 0.5) is 5.69 Å². The molecule has 1 spiro atoms. The molecule has 25 heavy (non-hydrogen) atoms. The molecule has 4 rings (SSSR count). The summed E-state index contributed by atoms with van der Waals surface area (Å²) in [7, 11) is -1.84. The lowest BCUT2D eigenvalue weighted by molar-refractivity contribution is -0.122. The summed E-state index contributed by atoms with van der Waals surface area (Å²) in [6.07, 6.45) is 0.512. The number of hydrogen-bond acceptors (Lipinski definition) is 3. The van der Waals surface area contributed by atoms with Crippen LogP contribution in [-0.4, -0.2) is 38.8 Å². The van der Waals surface area contributed by atoms with Gasteiger partial charge in [-0.3, -0.25) is 4.79 Å². The van der Waals surface area contributed by atoms with Crippen molar-refractivity contribution in [3.05, 3.63) is 59.7 Å². The normalized spacial score (nSPS) is 23.4. The van der Waals surface area contributed by atoms with Crippen molar-refractivity contribution in [1.29, 1.82) is 0 Å². The SMILES string of the molecule is Cc1ccc(S(=O)(=O)N2CCC3(C2)C(=O)N(C)c2ccccc23)cc1. The summed E-state index contributed by atoms with van der Waals surface area (Å²) >= 11 is 0. The van der Waals surface area contributed by atoms with Gasteiger partial charge in [-0.15, -0.1) is 0 Å². The predicted octanol–water partition coefficient (Wildman–Crippen LogP) is 2.30. The van der Waals surface area contributed by atoms with Gasteiger partial charge in [0.25, 0.3) is 0 Å². The molecule has 5 nitrogen and oxygen atoms in total. The van der Waals surface area contributed by atoms with Gasteiger partial charge in [-0.1, -0.05) is 35.9 Å². The first-order chi connectivity index (χ1) is 11.9. The van der Waals surface area contributed by atoms with Crippen molar-refractivity contribution >= 4 is 21.6 Å². The second-order valence-electron chi connectivity index (χ2n) is 6.87. The van der Waals surface area contributed by atoms with E-state index in [0.717, 1.165) is 16.8 Å². The number of hydrogen-bond donors (Lipinski definition) is 0. The van der Waals surface area contributed by atoms with Crippen molar-refractivity contribution in [3.8, 4) is 0 Å². The number of carbonyl (C=O) groups is 1. The molecule has 1 atom stereocenters. The Hall–Kier alpha value is -2.18. The molecule has 0 saturated carbocycles. The lowest BCUT2D eigenvalue weighted by Gasteiger charge is -2.23. The third kappa shape index (κ3) is 2.24. The minimum atomic E-state index is -3.60. The van der Waals surface area contributed by atoms with Gasteiger partial charge in [0.1, 0.15) is 0 Å². The highest BCUT2D eigenvalue weighted by Gasteiger charge is 2.55. The summed E-state index contributed by atoms with van der Waals surface area (Å²) < 4.78 is 27.4. The molecule has 0 N–H and O–H groups in total. The van der Waals surface area contributed by atoms with Crippen molar-refractivity contribution in [3.63, 3.8) is 0 Å². The Morgan fingerprint density at radius 1 is 1.04 bits per heavy atom. The zero-order valence-corrected chi connectivity index (χ0v) is 15.1. The molecule has 1 amide bonds. The summed E-state index contributed by atoms with van der Waals surface area (Å²) in [6, 6.07) is 14.5. The Bertz CT molecular complexity index is 953. The second kappa shape index (κ2) is 5.41. The van der Waals surface area contributed by atoms with E-state index >= 15 is 0 Å². The molecule has 0 aliphatic carbocycles. The molecule has 1 saturated heterocycles. The minimum absolute atomic E-state index is 0.0182. The largest absolute Gasteiger partial charge is 0.314 e. The zero-order chi connectivity index (χ0) is 17.8. The fourth-order valence-corrected chi connectivity index (χ4v) is 5.45. The minimum Gasteiger partial charge on any atom is -0.314 e. The summed E-state index contributed by atoms with van der Waals surface area (Å²) in [5.41, 5.74) is 2.06. The van der Waals surface area contributed by atoms with Crippen molar-refractivity contribution in [2.75, 3.05) is 25.0 Å². The van der Waals surface area contributed by atoms with Crippen molar-refractivity contribution < 1.29 is 13.2 Å². The number of anilines is 1. The number of sulfonamides is 1. The van der Waals surface area contributed by atoms with Gasteiger partial charge >= 0.3 is 0 Å². The number of carbonyl (C=O) groups excluding carboxylic acids is 1. The van der Waals surface area contributed by atoms with Crippen LogP contribution in [0.2, 0.25) is 0 Å². The lowest BCUT2D eigenvalue weighted by atomic mass is 9.81. The number of rotatable bonds is 2. The Morgan fingerprint density at radius 3 is 2.44 bits per heavy atom. The van der Waals surface area contributed by atoms with E-state index in [0.29, 0.717) is 13.0 Å². The molecule has 0 aromatic heterocycles. The summed E-state index contributed by atoms with van der Waals surface area (Å²) in [5.74, 6) is -0.0182. The molecule has 130 valence electrons. The maximum atomic E-state index is 13.0. The van der Waals surface area contributed by atoms with Crippen molar-refractivity contribution in [1.82, 2.24) is 4.31 Å². The first kappa shape index (κ1) is 16.3. The molecule has 0 radical (unpaired) electrons. The fourth-order valence-electron chi connectivity index (χ4n) is 3.95. The molecule has 1 fully saturated rings. The van der Waals surface area contributed by atoms with E-state index < -0.39 is 15.4 Å². The molecule has 2 aliphatic heterocycles. The quantitative estimate of drug-likeness (QED) is 0.830. The van der Waals surface area contributed by atoms with E-state index in [-0.39, 0.29) is 17.3 Å². The van der Waals surface area contributed by atoms with Gasteiger partial charge in [-0.05, 0) is 37.1 Å². The first-order valence-corrected chi connectivity index (χ1v) is 9.75. The van der Waals surface area contributed by atoms with Crippen LogP contribution in [0.5, 0.6) is 0 Å². The molecule has 0 bridgehead atoms. The summed E-state index contributed by atoms with van der Waals surface area (Å²) in [5, 5.41) is 0. The maximum Gasteiger partial charge on any atom is 0.243 e. The van der Waals surface area contributed by atoms with Crippen LogP contribution in [0.15, 0.2) is 53.4 Å². The second-order valence-corrected chi connectivity index (χ2v) is 8.80. The number of fused-ring (bicyclic) bond motifs is 2. The third-order valence-corrected chi connectivity index (χ3v) is 7.25. The van der Waals surface area contributed by atoms with Crippen molar-refractivity contribution in [2.45, 2.75) is 23.7 Å². The third-order valence-electron chi connectivity index (χ3n) is 5.39. The molecular weight excluding hydrogens is 336 g/mol. The Morgan fingerprint density at radius 2 is 1.72 bits per heavy atom. The Labute approximate surface area is 147 Å². The monoisotopic (exact) mass is 356 g/mol. The predicted molar refractivity (Wildman–Crippen MR) is 96.1 cm³/mol. The number of likely N-dealkylation sites (N-methyl/N-ethyl adjacent to an activating group) is 1. The smallest absolute Gasteiger partial charge is 0.243 e. The van der Waals surface area contributed by atoms with Crippen LogP contribution < -0.4 is 4.90 Å². The van der Waals surface area contributed by atoms with Gasteiger partial charge in [0.15, 0.2) is 0 Å². The summed E-state index contributed by atoms with van der Waals surface area (Å²) in [4.78, 5) is 14.9. The van der Waals surface area contributed by atoms with Gasteiger partial charge in [-0.2, -0.15) is 4.31 Å². The maximum absolute atomic E-state index is 13.0. The average molecular weight is 356 g/mol. The van der Waals surface area contributed by atoms with Crippen LogP contribution in [-0.2, 0) is 20.2 Å². The Balaban J connectivity index is 1.72. The van der Waals surface area contributed by atoms with Gasteiger partial charge in [0, 0.05) is 25.8 Å². The van der Waals surface area contributed by atoms with E-state index in [1.165, 1.54) is 4.31 Å². The van der Waals surface area contributed by atoms with Crippen molar-refractivity contribution in [2.24, 2.45) is 0 Å². The fraction of sp³-hybridized carbons (Fsp3) is 0.316. The molecule has 2 aliphatic rings. The number of para-hydroxylation sites is 1. The molecule has 2 aromatic carbocycles. The van der Waals surface area contributed by atoms with Crippen LogP contribution in [0, 0.1) is 6.92 Å². The van der Waals surface area contributed by atoms with E-state index in [4.69, 9.17) is 0 Å². The molecule has 2 heterocycles. The van der Waals surface area contributed by atoms with E-state index in [1.807, 2.05) is 31.2 Å². The highest BCUT2D eigenvalue weighted by Crippen LogP contribution is 2.47. The van der Waals surface area contributed by atoms with E-state index in [9.17, 15) is 13.2 Å². The van der Waals surface area contributed by atoms with Gasteiger partial charge < -0.3 is 4.90 Å². The molecule has 6 heteroatoms. The number of benzene rings is 2. The Kier molecular flexibility index (Phi) is 3.53. The highest BCUT2D eigenvalue weighted by atomic mass is 32.2. The van der Waals surface area contributed by atoms with Gasteiger partial charge in [-0.25, -0.2) is 8.42 Å². The lowest BCUT2D eigenvalue weighted by Crippen LogP contribution is -2.42. The van der Waals surface area contributed by atoms with E-state index in [2.05, 4.69) is 0 Å². The number of amides is 1. The van der Waals surface area contributed by atoms with Crippen LogP contribution in [0.25, 0.3) is 0 Å². The molecular formula is C19H20N2O3S. The first-order valence-electron chi connectivity index (χ1n) is 8.31. The number of nitrogens with zero attached hydrogens (tertiary/aromatic N) is 2. The van der Waals surface area contributed by atoms with Gasteiger partial charge in [0.2, 0.25) is 15.9 Å². The average Bonchev–Trinajstić information content (AvgIpc) is 3.15. The van der Waals surface area contributed by atoms with Crippen LogP contribution in [0.3, 0.4) is 0 Å². The number of aryl methyl sites for hydroxylation is 1. The van der Waals surface area contributed by atoms with Gasteiger partial charge in [0.05, 0.1) is 10.3 Å². The zero-order valence-electron chi connectivity index (χ0n) is 14.3. The standard InChI is InChI=1S/C19H20N2O3S/c1-14-7-9-15(10-8-14)25(23,24)21-12-11-19(13-21)16-5-3-4-6-17(16)20(2)18(19)22/h3-10H,11-13H2,1-2H3. The topological polar surface area (TPSA) is 57.7 Å². The van der Waals surface area contributed by atoms with Crippen LogP contribution >= 0.6 is 0 Å². The van der Waals surface area contributed by atoms with Crippen LogP contribution in [0.1, 0.15) is 17.5 Å². The molecule has 2 aromatic rings. The molecule has 1 unspecified atom stereocenters. The van der Waals surface area contributed by atoms with E-state index in [1.54, 1.807) is 36.2 Å². The highest BCUT2D eigenvalue weighted by molar-refractivity contribution is 7.89.